The predicted molar refractivity (Wildman–Crippen MR) is 123 cm³/mol. The summed E-state index contributed by atoms with van der Waals surface area (Å²) in [5, 5.41) is 0.683. The first kappa shape index (κ1) is 19.8. The molecule has 0 aliphatic carbocycles. The number of hydrogen-bond donors (Lipinski definition) is 0. The number of hydrogen-bond acceptors (Lipinski definition) is 2. The van der Waals surface area contributed by atoms with Crippen molar-refractivity contribution in [2.75, 3.05) is 0 Å². The smallest absolute Gasteiger partial charge is 0.279 e. The van der Waals surface area contributed by atoms with Crippen molar-refractivity contribution >= 4 is 44.8 Å². The third-order valence-electron chi connectivity index (χ3n) is 4.45. The fourth-order valence-corrected chi connectivity index (χ4v) is 4.71. The third-order valence-corrected chi connectivity index (χ3v) is 6.38. The van der Waals surface area contributed by atoms with Crippen LogP contribution in [0, 0.1) is 0 Å². The summed E-state index contributed by atoms with van der Waals surface area (Å²) in [5.41, 5.74) is 3.64. The highest BCUT2D eigenvalue weighted by Gasteiger charge is 2.16. The molecule has 1 aromatic heterocycles. The lowest BCUT2D eigenvalue weighted by molar-refractivity contribution is 0.0998. The minimum atomic E-state index is -0.273. The van der Waals surface area contributed by atoms with Crippen LogP contribution < -0.4 is 4.80 Å². The van der Waals surface area contributed by atoms with Crippen molar-refractivity contribution in [1.82, 2.24) is 4.57 Å². The number of amides is 1. The van der Waals surface area contributed by atoms with Gasteiger partial charge in [-0.05, 0) is 41.5 Å². The summed E-state index contributed by atoms with van der Waals surface area (Å²) in [6, 6.07) is 25.1. The van der Waals surface area contributed by atoms with E-state index in [0.29, 0.717) is 15.4 Å². The first-order valence-corrected chi connectivity index (χ1v) is 10.9. The van der Waals surface area contributed by atoms with Gasteiger partial charge in [0.05, 0.1) is 10.6 Å². The van der Waals surface area contributed by atoms with E-state index in [0.717, 1.165) is 26.2 Å². The van der Waals surface area contributed by atoms with Gasteiger partial charge >= 0.3 is 0 Å². The second kappa shape index (κ2) is 8.49. The maximum atomic E-state index is 12.7. The molecule has 0 spiro atoms. The molecule has 4 aromatic rings. The molecule has 3 aromatic carbocycles. The van der Waals surface area contributed by atoms with E-state index in [1.807, 2.05) is 66.2 Å². The van der Waals surface area contributed by atoms with Crippen LogP contribution in [-0.2, 0) is 7.05 Å². The molecular formula is C23H16BrClN2OS. The number of benzene rings is 3. The molecule has 0 aliphatic rings. The van der Waals surface area contributed by atoms with Crippen molar-refractivity contribution < 1.29 is 4.79 Å². The quantitative estimate of drug-likeness (QED) is 0.324. The van der Waals surface area contributed by atoms with Crippen LogP contribution in [0.2, 0.25) is 5.02 Å². The van der Waals surface area contributed by atoms with Gasteiger partial charge in [0, 0.05) is 22.1 Å². The molecule has 144 valence electrons. The summed E-state index contributed by atoms with van der Waals surface area (Å²) in [4.78, 5) is 18.9. The number of rotatable bonds is 3. The molecule has 0 aliphatic heterocycles. The molecule has 0 atom stereocenters. The number of thiazole rings is 1. The Kier molecular flexibility index (Phi) is 5.81. The average Bonchev–Trinajstić information content (AvgIpc) is 3.05. The van der Waals surface area contributed by atoms with Gasteiger partial charge in [0.25, 0.3) is 5.91 Å². The largest absolute Gasteiger partial charge is 0.319 e. The lowest BCUT2D eigenvalue weighted by Gasteiger charge is -2.07. The normalized spacial score (nSPS) is 11.6. The van der Waals surface area contributed by atoms with Gasteiger partial charge in [0.1, 0.15) is 0 Å². The maximum absolute atomic E-state index is 12.7. The summed E-state index contributed by atoms with van der Waals surface area (Å²) in [5.74, 6) is -0.273. The van der Waals surface area contributed by atoms with Crippen LogP contribution in [0.4, 0.5) is 0 Å². The lowest BCUT2D eigenvalue weighted by Crippen LogP contribution is -2.14. The van der Waals surface area contributed by atoms with Gasteiger partial charge in [-0.3, -0.25) is 4.79 Å². The highest BCUT2D eigenvalue weighted by Crippen LogP contribution is 2.34. The van der Waals surface area contributed by atoms with Crippen molar-refractivity contribution in [3.8, 4) is 21.7 Å². The molecule has 0 saturated heterocycles. The molecule has 0 radical (unpaired) electrons. The highest BCUT2D eigenvalue weighted by atomic mass is 79.9. The summed E-state index contributed by atoms with van der Waals surface area (Å²) in [6.07, 6.45) is 0. The van der Waals surface area contributed by atoms with Crippen LogP contribution >= 0.6 is 38.9 Å². The third kappa shape index (κ3) is 4.27. The number of carbonyl (C=O) groups excluding carboxylic acids is 1. The molecule has 1 amide bonds. The van der Waals surface area contributed by atoms with Crippen LogP contribution in [0.3, 0.4) is 0 Å². The predicted octanol–water partition coefficient (Wildman–Crippen LogP) is 6.58. The molecule has 0 bridgehead atoms. The van der Waals surface area contributed by atoms with E-state index in [1.165, 1.54) is 11.3 Å². The maximum Gasteiger partial charge on any atom is 0.279 e. The van der Waals surface area contributed by atoms with Gasteiger partial charge in [-0.25, -0.2) is 0 Å². The highest BCUT2D eigenvalue weighted by molar-refractivity contribution is 9.10. The Hall–Kier alpha value is -2.47. The Labute approximate surface area is 186 Å². The van der Waals surface area contributed by atoms with Gasteiger partial charge in [0.15, 0.2) is 4.80 Å². The zero-order chi connectivity index (χ0) is 20.4. The molecule has 29 heavy (non-hydrogen) atoms. The SMILES string of the molecule is Cn1c(-c2ccc(Cl)cc2)c(-c2ccccc2)sc1=NC(=O)c1cccc(Br)c1. The average molecular weight is 484 g/mol. The molecule has 0 N–H and O–H groups in total. The van der Waals surface area contributed by atoms with E-state index in [2.05, 4.69) is 33.1 Å². The molecule has 6 heteroatoms. The zero-order valence-corrected chi connectivity index (χ0v) is 18.6. The fraction of sp³-hybridized carbons (Fsp3) is 0.0435. The van der Waals surface area contributed by atoms with E-state index in [1.54, 1.807) is 12.1 Å². The summed E-state index contributed by atoms with van der Waals surface area (Å²) >= 11 is 11.0. The van der Waals surface area contributed by atoms with E-state index in [4.69, 9.17) is 11.6 Å². The topological polar surface area (TPSA) is 34.4 Å². The molecule has 3 nitrogen and oxygen atoms in total. The fourth-order valence-electron chi connectivity index (χ4n) is 3.04. The van der Waals surface area contributed by atoms with Crippen molar-refractivity contribution in [3.63, 3.8) is 0 Å². The van der Waals surface area contributed by atoms with Gasteiger partial charge in [-0.2, -0.15) is 4.99 Å². The van der Waals surface area contributed by atoms with E-state index in [9.17, 15) is 4.79 Å². The number of halogens is 2. The molecule has 0 fully saturated rings. The van der Waals surface area contributed by atoms with Crippen molar-refractivity contribution in [2.24, 2.45) is 12.0 Å². The van der Waals surface area contributed by atoms with Gasteiger partial charge < -0.3 is 4.57 Å². The Morgan fingerprint density at radius 3 is 2.38 bits per heavy atom. The molecular weight excluding hydrogens is 468 g/mol. The van der Waals surface area contributed by atoms with Gasteiger partial charge in [0.2, 0.25) is 0 Å². The zero-order valence-electron chi connectivity index (χ0n) is 15.5. The van der Waals surface area contributed by atoms with E-state index in [-0.39, 0.29) is 5.91 Å². The van der Waals surface area contributed by atoms with E-state index >= 15 is 0 Å². The number of nitrogens with zero attached hydrogens (tertiary/aromatic N) is 2. The van der Waals surface area contributed by atoms with Crippen LogP contribution in [0.1, 0.15) is 10.4 Å². The number of carbonyl (C=O) groups is 1. The minimum Gasteiger partial charge on any atom is -0.319 e. The van der Waals surface area contributed by atoms with Crippen LogP contribution in [0.15, 0.2) is 88.3 Å². The van der Waals surface area contributed by atoms with E-state index < -0.39 is 0 Å². The first-order valence-electron chi connectivity index (χ1n) is 8.89. The summed E-state index contributed by atoms with van der Waals surface area (Å²) < 4.78 is 2.81. The Morgan fingerprint density at radius 1 is 0.966 bits per heavy atom. The Balaban J connectivity index is 1.90. The minimum absolute atomic E-state index is 0.273. The van der Waals surface area contributed by atoms with Crippen molar-refractivity contribution in [1.29, 1.82) is 0 Å². The van der Waals surface area contributed by atoms with Crippen LogP contribution in [-0.4, -0.2) is 10.5 Å². The van der Waals surface area contributed by atoms with Crippen LogP contribution in [0.5, 0.6) is 0 Å². The van der Waals surface area contributed by atoms with Crippen LogP contribution in [0.25, 0.3) is 21.7 Å². The molecule has 4 rings (SSSR count). The van der Waals surface area contributed by atoms with Crippen molar-refractivity contribution in [2.45, 2.75) is 0 Å². The Bertz CT molecular complexity index is 1240. The van der Waals surface area contributed by atoms with Crippen molar-refractivity contribution in [3.05, 3.63) is 98.7 Å². The monoisotopic (exact) mass is 482 g/mol. The number of aromatic nitrogens is 1. The summed E-state index contributed by atoms with van der Waals surface area (Å²) in [7, 11) is 1.93. The lowest BCUT2D eigenvalue weighted by atomic mass is 10.1. The Morgan fingerprint density at radius 2 is 1.69 bits per heavy atom. The van der Waals surface area contributed by atoms with Gasteiger partial charge in [-0.1, -0.05) is 87.4 Å². The standard InChI is InChI=1S/C23H16BrClN2OS/c1-27-20(15-10-12-19(25)13-11-15)21(16-6-3-2-4-7-16)29-23(27)26-22(28)17-8-5-9-18(24)14-17/h2-14H,1H3. The molecule has 0 saturated carbocycles. The first-order chi connectivity index (χ1) is 14.0. The molecule has 1 heterocycles. The summed E-state index contributed by atoms with van der Waals surface area (Å²) in [6.45, 7) is 0. The second-order valence-electron chi connectivity index (χ2n) is 6.42. The molecule has 0 unspecified atom stereocenters. The second-order valence-corrected chi connectivity index (χ2v) is 8.75. The van der Waals surface area contributed by atoms with Gasteiger partial charge in [-0.15, -0.1) is 0 Å².